The molecule has 0 radical (unpaired) electrons. The van der Waals surface area contributed by atoms with Crippen molar-refractivity contribution in [1.82, 2.24) is 9.97 Å². The fraction of sp³-hybridized carbons (Fsp3) is 0.214. The second-order valence-electron chi connectivity index (χ2n) is 4.68. The largest absolute Gasteiger partial charge is 0.384 e. The molecule has 0 atom stereocenters. The van der Waals surface area contributed by atoms with Gasteiger partial charge in [0.1, 0.15) is 5.82 Å². The van der Waals surface area contributed by atoms with Crippen LogP contribution in [-0.4, -0.2) is 15.9 Å². The third-order valence-corrected chi connectivity index (χ3v) is 3.13. The van der Waals surface area contributed by atoms with Gasteiger partial charge in [-0.15, -0.1) is 0 Å². The van der Waals surface area contributed by atoms with Crippen LogP contribution in [0.25, 0.3) is 11.4 Å². The van der Waals surface area contributed by atoms with E-state index in [1.165, 1.54) is 0 Å². The van der Waals surface area contributed by atoms with Crippen LogP contribution < -0.4 is 11.1 Å². The fourth-order valence-corrected chi connectivity index (χ4v) is 2.24. The summed E-state index contributed by atoms with van der Waals surface area (Å²) in [5.74, 6) is 1.15. The summed E-state index contributed by atoms with van der Waals surface area (Å²) in [5, 5.41) is 2.86. The number of aromatic nitrogens is 2. The van der Waals surface area contributed by atoms with Crippen LogP contribution in [0.5, 0.6) is 0 Å². The summed E-state index contributed by atoms with van der Waals surface area (Å²) in [6, 6.07) is 7.55. The van der Waals surface area contributed by atoms with Gasteiger partial charge in [0.05, 0.1) is 0 Å². The number of nitrogen functional groups attached to an aromatic ring is 1. The lowest BCUT2D eigenvalue weighted by atomic mass is 10.00. The molecule has 0 aliphatic carbocycles. The molecule has 1 aromatic carbocycles. The first-order valence-corrected chi connectivity index (χ1v) is 6.16. The zero-order valence-corrected chi connectivity index (χ0v) is 10.6. The minimum absolute atomic E-state index is 0.0660. The third kappa shape index (κ3) is 2.27. The van der Waals surface area contributed by atoms with Gasteiger partial charge in [-0.05, 0) is 37.1 Å². The number of nitrogens with zero attached hydrogens (tertiary/aromatic N) is 2. The molecule has 0 spiro atoms. The molecule has 0 saturated heterocycles. The minimum atomic E-state index is 0.0660. The molecule has 2 aromatic rings. The van der Waals surface area contributed by atoms with Gasteiger partial charge in [0.2, 0.25) is 5.91 Å². The number of nitrogens with one attached hydrogen (secondary N) is 1. The molecule has 3 rings (SSSR count). The van der Waals surface area contributed by atoms with E-state index in [1.807, 2.05) is 25.1 Å². The molecule has 1 aromatic heterocycles. The third-order valence-electron chi connectivity index (χ3n) is 3.13. The van der Waals surface area contributed by atoms with Crippen molar-refractivity contribution in [3.05, 3.63) is 35.5 Å². The number of anilines is 2. The van der Waals surface area contributed by atoms with Crippen molar-refractivity contribution in [3.8, 4) is 11.4 Å². The summed E-state index contributed by atoms with van der Waals surface area (Å²) < 4.78 is 0. The van der Waals surface area contributed by atoms with Crippen molar-refractivity contribution in [3.63, 3.8) is 0 Å². The van der Waals surface area contributed by atoms with E-state index in [4.69, 9.17) is 5.73 Å². The Labute approximate surface area is 110 Å². The molecule has 3 N–H and O–H groups in total. The Balaban J connectivity index is 2.04. The van der Waals surface area contributed by atoms with E-state index < -0.39 is 0 Å². The van der Waals surface area contributed by atoms with E-state index in [0.717, 1.165) is 28.9 Å². The first kappa shape index (κ1) is 11.6. The lowest BCUT2D eigenvalue weighted by Crippen LogP contribution is -2.18. The number of nitrogens with two attached hydrogens (primary N) is 1. The molecule has 19 heavy (non-hydrogen) atoms. The van der Waals surface area contributed by atoms with Gasteiger partial charge in [0.25, 0.3) is 0 Å². The van der Waals surface area contributed by atoms with Crippen molar-refractivity contribution in [1.29, 1.82) is 0 Å². The second kappa shape index (κ2) is 4.35. The first-order chi connectivity index (χ1) is 9.11. The van der Waals surface area contributed by atoms with Gasteiger partial charge in [-0.3, -0.25) is 4.79 Å². The van der Waals surface area contributed by atoms with Gasteiger partial charge >= 0.3 is 0 Å². The van der Waals surface area contributed by atoms with E-state index in [-0.39, 0.29) is 5.91 Å². The molecule has 0 fully saturated rings. The maximum absolute atomic E-state index is 11.3. The highest BCUT2D eigenvalue weighted by atomic mass is 16.1. The van der Waals surface area contributed by atoms with Crippen molar-refractivity contribution >= 4 is 17.4 Å². The van der Waals surface area contributed by atoms with Crippen LogP contribution in [0, 0.1) is 6.92 Å². The molecular weight excluding hydrogens is 240 g/mol. The molecule has 0 saturated carbocycles. The van der Waals surface area contributed by atoms with E-state index in [0.29, 0.717) is 18.1 Å². The number of carbonyl (C=O) groups excluding carboxylic acids is 1. The summed E-state index contributed by atoms with van der Waals surface area (Å²) in [6.45, 7) is 1.89. The van der Waals surface area contributed by atoms with Crippen LogP contribution in [0.1, 0.15) is 17.7 Å². The Morgan fingerprint density at radius 3 is 2.84 bits per heavy atom. The lowest BCUT2D eigenvalue weighted by Gasteiger charge is -2.17. The summed E-state index contributed by atoms with van der Waals surface area (Å²) in [4.78, 5) is 20.0. The predicted octanol–water partition coefficient (Wildman–Crippen LogP) is 1.92. The van der Waals surface area contributed by atoms with E-state index in [9.17, 15) is 4.79 Å². The zero-order valence-electron chi connectivity index (χ0n) is 10.6. The molecule has 1 amide bonds. The van der Waals surface area contributed by atoms with Crippen LogP contribution >= 0.6 is 0 Å². The van der Waals surface area contributed by atoms with Crippen LogP contribution in [0.2, 0.25) is 0 Å². The number of amides is 1. The highest BCUT2D eigenvalue weighted by molar-refractivity contribution is 5.94. The Bertz CT molecular complexity index is 646. The Hall–Kier alpha value is -2.43. The van der Waals surface area contributed by atoms with Crippen molar-refractivity contribution in [2.75, 3.05) is 11.1 Å². The Morgan fingerprint density at radius 1 is 1.21 bits per heavy atom. The second-order valence-corrected chi connectivity index (χ2v) is 4.68. The molecule has 1 aliphatic heterocycles. The van der Waals surface area contributed by atoms with Crippen molar-refractivity contribution in [2.45, 2.75) is 19.8 Å². The zero-order chi connectivity index (χ0) is 13.4. The SMILES string of the molecule is Cc1cc(N)nc(-c2ccc3c(c2)CCC(=O)N3)n1. The van der Waals surface area contributed by atoms with Gasteiger partial charge in [0.15, 0.2) is 5.82 Å². The predicted molar refractivity (Wildman–Crippen MR) is 73.6 cm³/mol. The monoisotopic (exact) mass is 254 g/mol. The number of hydrogen-bond donors (Lipinski definition) is 2. The average Bonchev–Trinajstić information content (AvgIpc) is 2.37. The number of carbonyl (C=O) groups is 1. The van der Waals surface area contributed by atoms with Gasteiger partial charge < -0.3 is 11.1 Å². The minimum Gasteiger partial charge on any atom is -0.384 e. The molecule has 2 heterocycles. The van der Waals surface area contributed by atoms with Gasteiger partial charge in [-0.2, -0.15) is 0 Å². The summed E-state index contributed by atoms with van der Waals surface area (Å²) in [6.07, 6.45) is 1.27. The molecule has 96 valence electrons. The molecular formula is C14H14N4O. The van der Waals surface area contributed by atoms with E-state index in [2.05, 4.69) is 15.3 Å². The molecule has 1 aliphatic rings. The van der Waals surface area contributed by atoms with Crippen LogP contribution in [0.15, 0.2) is 24.3 Å². The van der Waals surface area contributed by atoms with E-state index in [1.54, 1.807) is 6.07 Å². The summed E-state index contributed by atoms with van der Waals surface area (Å²) in [7, 11) is 0. The van der Waals surface area contributed by atoms with Crippen molar-refractivity contribution < 1.29 is 4.79 Å². The summed E-state index contributed by atoms with van der Waals surface area (Å²) >= 11 is 0. The first-order valence-electron chi connectivity index (χ1n) is 6.16. The number of rotatable bonds is 1. The quantitative estimate of drug-likeness (QED) is 0.814. The Morgan fingerprint density at radius 2 is 2.05 bits per heavy atom. The standard InChI is InChI=1S/C14H14N4O/c1-8-6-12(15)18-14(16-8)10-2-4-11-9(7-10)3-5-13(19)17-11/h2,4,6-7H,3,5H2,1H3,(H,17,19)(H2,15,16,18). The van der Waals surface area contributed by atoms with Crippen LogP contribution in [0.3, 0.4) is 0 Å². The summed E-state index contributed by atoms with van der Waals surface area (Å²) in [5.41, 5.74) is 9.49. The number of hydrogen-bond acceptors (Lipinski definition) is 4. The maximum atomic E-state index is 11.3. The number of benzene rings is 1. The topological polar surface area (TPSA) is 80.9 Å². The highest BCUT2D eigenvalue weighted by Crippen LogP contribution is 2.27. The molecule has 0 unspecified atom stereocenters. The fourth-order valence-electron chi connectivity index (χ4n) is 2.24. The number of aryl methyl sites for hydroxylation is 2. The van der Waals surface area contributed by atoms with Gasteiger partial charge in [-0.1, -0.05) is 0 Å². The van der Waals surface area contributed by atoms with Crippen LogP contribution in [0.4, 0.5) is 11.5 Å². The molecule has 5 heteroatoms. The molecule has 0 bridgehead atoms. The van der Waals surface area contributed by atoms with E-state index >= 15 is 0 Å². The van der Waals surface area contributed by atoms with Gasteiger partial charge in [0, 0.05) is 29.4 Å². The Kier molecular flexibility index (Phi) is 2.67. The lowest BCUT2D eigenvalue weighted by molar-refractivity contribution is -0.116. The highest BCUT2D eigenvalue weighted by Gasteiger charge is 2.15. The normalized spacial score (nSPS) is 13.8. The smallest absolute Gasteiger partial charge is 0.224 e. The van der Waals surface area contributed by atoms with Crippen LogP contribution in [-0.2, 0) is 11.2 Å². The number of fused-ring (bicyclic) bond motifs is 1. The average molecular weight is 254 g/mol. The molecule has 5 nitrogen and oxygen atoms in total. The van der Waals surface area contributed by atoms with Crippen molar-refractivity contribution in [2.24, 2.45) is 0 Å². The van der Waals surface area contributed by atoms with Gasteiger partial charge in [-0.25, -0.2) is 9.97 Å². The maximum Gasteiger partial charge on any atom is 0.224 e.